The Hall–Kier alpha value is -1.23. The Labute approximate surface area is 130 Å². The predicted molar refractivity (Wildman–Crippen MR) is 77.0 cm³/mol. The molecule has 0 aliphatic heterocycles. The van der Waals surface area contributed by atoms with Gasteiger partial charge in [-0.1, -0.05) is 18.5 Å². The maximum atomic E-state index is 12.3. The van der Waals surface area contributed by atoms with Crippen LogP contribution in [0, 0.1) is 16.0 Å². The third-order valence-corrected chi connectivity index (χ3v) is 6.25. The molecule has 0 aromatic carbocycles. The summed E-state index contributed by atoms with van der Waals surface area (Å²) in [6.07, 6.45) is 0. The van der Waals surface area contributed by atoms with E-state index >= 15 is 0 Å². The molecule has 8 nitrogen and oxygen atoms in total. The van der Waals surface area contributed by atoms with Crippen LogP contribution in [0.3, 0.4) is 0 Å². The highest BCUT2D eigenvalue weighted by molar-refractivity contribution is 7.91. The number of carbonyl (C=O) groups is 1. The summed E-state index contributed by atoms with van der Waals surface area (Å²) >= 11 is 6.25. The van der Waals surface area contributed by atoms with Crippen molar-refractivity contribution in [2.24, 2.45) is 5.92 Å². The Morgan fingerprint density at radius 1 is 1.62 bits per heavy atom. The molecule has 1 unspecified atom stereocenters. The number of nitrogens with zero attached hydrogens (tertiary/aromatic N) is 2. The van der Waals surface area contributed by atoms with E-state index in [0.29, 0.717) is 11.3 Å². The summed E-state index contributed by atoms with van der Waals surface area (Å²) in [6, 6.07) is 0.904. The maximum absolute atomic E-state index is 12.3. The van der Waals surface area contributed by atoms with Gasteiger partial charge in [0.15, 0.2) is 4.34 Å². The van der Waals surface area contributed by atoms with E-state index in [1.807, 2.05) is 0 Å². The number of nitro groups is 1. The van der Waals surface area contributed by atoms with Crippen LogP contribution >= 0.6 is 22.9 Å². The molecule has 0 saturated heterocycles. The van der Waals surface area contributed by atoms with Crippen LogP contribution in [0.15, 0.2) is 10.3 Å². The quantitative estimate of drug-likeness (QED) is 0.436. The summed E-state index contributed by atoms with van der Waals surface area (Å²) in [5.41, 5.74) is -0.463. The molecule has 1 aromatic rings. The zero-order valence-corrected chi connectivity index (χ0v) is 13.8. The monoisotopic (exact) mass is 356 g/mol. The normalized spacial score (nSPS) is 13.2. The number of esters is 1. The summed E-state index contributed by atoms with van der Waals surface area (Å²) in [6.45, 7) is 1.40. The molecule has 1 heterocycles. The van der Waals surface area contributed by atoms with Gasteiger partial charge in [0.25, 0.3) is 15.7 Å². The van der Waals surface area contributed by atoms with Gasteiger partial charge in [0.2, 0.25) is 0 Å². The number of sulfonamides is 1. The maximum Gasteiger partial charge on any atom is 0.309 e. The average Bonchev–Trinajstić information content (AvgIpc) is 2.80. The number of hydrogen-bond acceptors (Lipinski definition) is 7. The van der Waals surface area contributed by atoms with E-state index in [0.717, 1.165) is 10.4 Å². The van der Waals surface area contributed by atoms with Crippen molar-refractivity contribution >= 4 is 44.6 Å². The molecule has 1 aromatic heterocycles. The summed E-state index contributed by atoms with van der Waals surface area (Å²) in [5, 5.41) is 10.7. The van der Waals surface area contributed by atoms with Gasteiger partial charge in [-0.05, 0) is 0 Å². The van der Waals surface area contributed by atoms with Gasteiger partial charge < -0.3 is 4.74 Å². The van der Waals surface area contributed by atoms with Crippen molar-refractivity contribution in [3.8, 4) is 0 Å². The number of carbonyl (C=O) groups excluding carboxylic acids is 1. The lowest BCUT2D eigenvalue weighted by Gasteiger charge is -2.18. The molecule has 0 aliphatic rings. The molecular weight excluding hydrogens is 344 g/mol. The zero-order chi connectivity index (χ0) is 16.4. The molecule has 0 amide bonds. The molecule has 1 atom stereocenters. The second-order valence-corrected chi connectivity index (χ2v) is 8.12. The van der Waals surface area contributed by atoms with Crippen molar-refractivity contribution in [2.45, 2.75) is 11.1 Å². The van der Waals surface area contributed by atoms with Gasteiger partial charge in [0.1, 0.15) is 4.21 Å². The topological polar surface area (TPSA) is 107 Å². The molecule has 1 rings (SSSR count). The largest absolute Gasteiger partial charge is 0.469 e. The molecule has 11 heteroatoms. The predicted octanol–water partition coefficient (Wildman–Crippen LogP) is 1.74. The smallest absolute Gasteiger partial charge is 0.309 e. The Morgan fingerprint density at radius 2 is 2.19 bits per heavy atom. The first-order chi connectivity index (χ1) is 9.61. The van der Waals surface area contributed by atoms with Crippen LogP contribution < -0.4 is 0 Å². The number of ether oxygens (including phenoxy) is 1. The van der Waals surface area contributed by atoms with E-state index in [1.165, 1.54) is 21.1 Å². The van der Waals surface area contributed by atoms with Crippen LogP contribution in [0.2, 0.25) is 4.34 Å². The molecule has 0 spiro atoms. The molecule has 0 N–H and O–H groups in total. The minimum absolute atomic E-state index is 0.113. The Morgan fingerprint density at radius 3 is 2.62 bits per heavy atom. The molecule has 21 heavy (non-hydrogen) atoms. The lowest BCUT2D eigenvalue weighted by molar-refractivity contribution is -0.384. The number of halogens is 1. The van der Waals surface area contributed by atoms with Crippen molar-refractivity contribution in [1.29, 1.82) is 0 Å². The van der Waals surface area contributed by atoms with E-state index in [2.05, 4.69) is 4.74 Å². The zero-order valence-electron chi connectivity index (χ0n) is 11.4. The summed E-state index contributed by atoms with van der Waals surface area (Å²) in [4.78, 5) is 21.2. The standard InChI is InChI=1S/C10H13ClN2O6S2/c1-6(10(14)19-3)5-12(2)21(17,18)8-4-7(13(15)16)9(11)20-8/h4,6H,5H2,1-3H3. The minimum Gasteiger partial charge on any atom is -0.469 e. The van der Waals surface area contributed by atoms with Gasteiger partial charge in [-0.25, -0.2) is 8.42 Å². The fourth-order valence-electron chi connectivity index (χ4n) is 1.50. The molecule has 118 valence electrons. The average molecular weight is 357 g/mol. The van der Waals surface area contributed by atoms with Crippen LogP contribution in [0.1, 0.15) is 6.92 Å². The number of rotatable bonds is 6. The third-order valence-electron chi connectivity index (χ3n) is 2.64. The van der Waals surface area contributed by atoms with Gasteiger partial charge >= 0.3 is 5.97 Å². The van der Waals surface area contributed by atoms with Gasteiger partial charge in [-0.2, -0.15) is 4.31 Å². The van der Waals surface area contributed by atoms with Crippen molar-refractivity contribution in [2.75, 3.05) is 20.7 Å². The van der Waals surface area contributed by atoms with Gasteiger partial charge in [-0.3, -0.25) is 14.9 Å². The van der Waals surface area contributed by atoms with E-state index in [9.17, 15) is 23.3 Å². The SMILES string of the molecule is COC(=O)C(C)CN(C)S(=O)(=O)c1cc([N+](=O)[O-])c(Cl)s1. The summed E-state index contributed by atoms with van der Waals surface area (Å²) in [7, 11) is -1.48. The Balaban J connectivity index is 3.03. The molecule has 0 fully saturated rings. The van der Waals surface area contributed by atoms with Gasteiger partial charge in [-0.15, -0.1) is 11.3 Å². The third kappa shape index (κ3) is 3.90. The first-order valence-corrected chi connectivity index (χ1v) is 8.22. The summed E-state index contributed by atoms with van der Waals surface area (Å²) in [5.74, 6) is -1.22. The fourth-order valence-corrected chi connectivity index (χ4v) is 4.64. The second kappa shape index (κ2) is 6.69. The first-order valence-electron chi connectivity index (χ1n) is 5.59. The van der Waals surface area contributed by atoms with Gasteiger partial charge in [0, 0.05) is 19.7 Å². The fraction of sp³-hybridized carbons (Fsp3) is 0.500. The van der Waals surface area contributed by atoms with Crippen molar-refractivity contribution in [3.63, 3.8) is 0 Å². The number of thiophene rings is 1. The highest BCUT2D eigenvalue weighted by Gasteiger charge is 2.30. The molecular formula is C10H13ClN2O6S2. The lowest BCUT2D eigenvalue weighted by atomic mass is 10.2. The molecule has 0 aliphatic carbocycles. The molecule has 0 radical (unpaired) electrons. The highest BCUT2D eigenvalue weighted by atomic mass is 35.5. The van der Waals surface area contributed by atoms with Crippen molar-refractivity contribution in [3.05, 3.63) is 20.5 Å². The van der Waals surface area contributed by atoms with Crippen LogP contribution in [0.25, 0.3) is 0 Å². The van der Waals surface area contributed by atoms with Crippen LogP contribution in [0.4, 0.5) is 5.69 Å². The van der Waals surface area contributed by atoms with Gasteiger partial charge in [0.05, 0.1) is 18.0 Å². The van der Waals surface area contributed by atoms with E-state index < -0.39 is 32.5 Å². The summed E-state index contributed by atoms with van der Waals surface area (Å²) < 4.78 is 29.5. The first kappa shape index (κ1) is 17.8. The minimum atomic E-state index is -3.96. The van der Waals surface area contributed by atoms with Crippen LogP contribution in [0.5, 0.6) is 0 Å². The Kier molecular flexibility index (Phi) is 5.68. The molecule has 0 saturated carbocycles. The van der Waals surface area contributed by atoms with Crippen LogP contribution in [-0.2, 0) is 19.6 Å². The Bertz CT molecular complexity index is 657. The van der Waals surface area contributed by atoms with E-state index in [1.54, 1.807) is 0 Å². The van der Waals surface area contributed by atoms with Crippen LogP contribution in [-0.4, -0.2) is 44.3 Å². The van der Waals surface area contributed by atoms with Crippen molar-refractivity contribution < 1.29 is 22.9 Å². The second-order valence-electron chi connectivity index (χ2n) is 4.19. The van der Waals surface area contributed by atoms with E-state index in [4.69, 9.17) is 11.6 Å². The highest BCUT2D eigenvalue weighted by Crippen LogP contribution is 2.37. The number of methoxy groups -OCH3 is 1. The molecule has 0 bridgehead atoms. The number of hydrogen-bond donors (Lipinski definition) is 0. The van der Waals surface area contributed by atoms with E-state index in [-0.39, 0.29) is 15.1 Å². The van der Waals surface area contributed by atoms with Crippen molar-refractivity contribution in [1.82, 2.24) is 4.31 Å². The lowest BCUT2D eigenvalue weighted by Crippen LogP contribution is -2.33.